The predicted octanol–water partition coefficient (Wildman–Crippen LogP) is 6.89. The lowest BCUT2D eigenvalue weighted by Crippen LogP contribution is -2.48. The quantitative estimate of drug-likeness (QED) is 0.179. The Labute approximate surface area is 291 Å². The van der Waals surface area contributed by atoms with E-state index in [9.17, 15) is 18.0 Å². The lowest BCUT2D eigenvalue weighted by Gasteiger charge is -2.41. The summed E-state index contributed by atoms with van der Waals surface area (Å²) in [5, 5.41) is 0. The second kappa shape index (κ2) is 16.6. The average molecular weight is 694 g/mol. The Hall–Kier alpha value is -4.03. The molecule has 0 radical (unpaired) electrons. The van der Waals surface area contributed by atoms with Crippen LogP contribution in [0.1, 0.15) is 81.3 Å². The van der Waals surface area contributed by atoms with E-state index in [-0.39, 0.29) is 46.6 Å². The summed E-state index contributed by atoms with van der Waals surface area (Å²) in [6.45, 7) is 12.4. The minimum atomic E-state index is -4.11. The molecule has 1 heterocycles. The molecular weight excluding hydrogens is 643 g/mol. The highest BCUT2D eigenvalue weighted by Gasteiger charge is 2.32. The molecule has 4 rings (SSSR count). The van der Waals surface area contributed by atoms with Gasteiger partial charge in [-0.2, -0.15) is 4.98 Å². The van der Waals surface area contributed by atoms with Gasteiger partial charge in [-0.3, -0.25) is 9.69 Å². The van der Waals surface area contributed by atoms with Crippen LogP contribution in [-0.2, 0) is 14.8 Å². The molecule has 1 saturated carbocycles. The smallest absolute Gasteiger partial charge is 0.410 e. The highest BCUT2D eigenvalue weighted by atomic mass is 32.2. The summed E-state index contributed by atoms with van der Waals surface area (Å²) in [4.78, 5) is 37.0. The van der Waals surface area contributed by atoms with E-state index in [1.54, 1.807) is 11.0 Å². The number of aryl methyl sites for hydroxylation is 2. The van der Waals surface area contributed by atoms with Crippen molar-refractivity contribution in [2.24, 2.45) is 5.92 Å². The highest BCUT2D eigenvalue weighted by molar-refractivity contribution is 7.92. The van der Waals surface area contributed by atoms with E-state index in [1.165, 1.54) is 24.3 Å². The summed E-state index contributed by atoms with van der Waals surface area (Å²) < 4.78 is 41.1. The van der Waals surface area contributed by atoms with Gasteiger partial charge in [0.2, 0.25) is 11.8 Å². The van der Waals surface area contributed by atoms with E-state index < -0.39 is 10.0 Å². The van der Waals surface area contributed by atoms with Crippen molar-refractivity contribution in [2.75, 3.05) is 25.4 Å². The summed E-state index contributed by atoms with van der Waals surface area (Å²) in [5.74, 6) is 0.534. The van der Waals surface area contributed by atoms with Crippen LogP contribution >= 0.6 is 0 Å². The van der Waals surface area contributed by atoms with Crippen LogP contribution in [0.25, 0.3) is 11.3 Å². The van der Waals surface area contributed by atoms with E-state index in [0.717, 1.165) is 48.8 Å². The molecule has 49 heavy (non-hydrogen) atoms. The maximum absolute atomic E-state index is 13.4. The van der Waals surface area contributed by atoms with Crippen molar-refractivity contribution in [3.05, 3.63) is 65.2 Å². The minimum absolute atomic E-state index is 0.0648. The summed E-state index contributed by atoms with van der Waals surface area (Å²) in [6, 6.07) is 14.0. The van der Waals surface area contributed by atoms with Crippen LogP contribution in [0.15, 0.2) is 53.4 Å². The van der Waals surface area contributed by atoms with Crippen LogP contribution in [0.2, 0.25) is 0 Å². The normalized spacial score (nSPS) is 17.2. The lowest BCUT2D eigenvalue weighted by atomic mass is 9.88. The van der Waals surface area contributed by atoms with E-state index in [1.807, 2.05) is 52.9 Å². The van der Waals surface area contributed by atoms with Crippen molar-refractivity contribution < 1.29 is 27.5 Å². The van der Waals surface area contributed by atoms with Crippen molar-refractivity contribution in [3.8, 4) is 17.1 Å². The summed E-state index contributed by atoms with van der Waals surface area (Å²) in [6.07, 6.45) is 4.71. The molecule has 0 spiro atoms. The van der Waals surface area contributed by atoms with E-state index in [4.69, 9.17) is 9.47 Å². The number of anilines is 1. The van der Waals surface area contributed by atoms with Gasteiger partial charge in [0.15, 0.2) is 0 Å². The Morgan fingerprint density at radius 2 is 1.59 bits per heavy atom. The number of amides is 1. The molecule has 0 bridgehead atoms. The Morgan fingerprint density at radius 3 is 2.20 bits per heavy atom. The number of benzene rings is 2. The number of aromatic nitrogens is 2. The zero-order valence-electron chi connectivity index (χ0n) is 30.0. The zero-order valence-corrected chi connectivity index (χ0v) is 30.8. The van der Waals surface area contributed by atoms with Crippen molar-refractivity contribution in [1.29, 1.82) is 0 Å². The topological polar surface area (TPSA) is 131 Å². The number of nitrogens with zero attached hydrogens (tertiary/aromatic N) is 4. The van der Waals surface area contributed by atoms with Gasteiger partial charge in [0.1, 0.15) is 12.9 Å². The molecule has 1 amide bonds. The third-order valence-electron chi connectivity index (χ3n) is 9.13. The number of nitrogens with one attached hydrogen (secondary N) is 1. The van der Waals surface area contributed by atoms with Gasteiger partial charge in [0, 0.05) is 42.4 Å². The third-order valence-corrected chi connectivity index (χ3v) is 10.5. The molecule has 1 aromatic heterocycles. The van der Waals surface area contributed by atoms with E-state index in [0.29, 0.717) is 30.5 Å². The maximum Gasteiger partial charge on any atom is 0.410 e. The number of carbonyl (C=O) groups is 2. The average Bonchev–Trinajstić information content (AvgIpc) is 3.05. The van der Waals surface area contributed by atoms with Crippen molar-refractivity contribution >= 4 is 28.4 Å². The Kier molecular flexibility index (Phi) is 12.8. The molecule has 12 heteroatoms. The number of hydrogen-bond acceptors (Lipinski definition) is 9. The van der Waals surface area contributed by atoms with Crippen molar-refractivity contribution in [2.45, 2.75) is 103 Å². The summed E-state index contributed by atoms with van der Waals surface area (Å²) >= 11 is 0. The predicted molar refractivity (Wildman–Crippen MR) is 192 cm³/mol. The summed E-state index contributed by atoms with van der Waals surface area (Å²) in [5.41, 5.74) is 3.60. The number of aldehydes is 1. The molecule has 0 unspecified atom stereocenters. The number of rotatable bonds is 14. The van der Waals surface area contributed by atoms with Crippen molar-refractivity contribution in [3.63, 3.8) is 0 Å². The van der Waals surface area contributed by atoms with Crippen LogP contribution in [0.4, 0.5) is 10.7 Å². The van der Waals surface area contributed by atoms with Gasteiger partial charge < -0.3 is 14.4 Å². The standard InChI is InChI=1S/C37H51N5O6S/c1-24(2)19-31(41(7)29-15-17-30(18-16-29)42(8)37(44)48-25(3)4)23-47-34-21-33(35-26(5)11-9-12-27(35)6)38-36(39-34)40-49(45,46)32-14-10-13-28(20-32)22-43/h9-14,20-22,24-25,29-31H,15-19,23H2,1-8H3,(H,38,39,40)/t29?,30?,31-/m1/s1. The first-order valence-corrected chi connectivity index (χ1v) is 18.5. The number of sulfonamides is 1. The summed E-state index contributed by atoms with van der Waals surface area (Å²) in [7, 11) is -0.158. The molecule has 1 N–H and O–H groups in total. The van der Waals surface area contributed by atoms with Crippen LogP contribution < -0.4 is 9.46 Å². The van der Waals surface area contributed by atoms with Crippen LogP contribution in [0.5, 0.6) is 5.88 Å². The fourth-order valence-corrected chi connectivity index (χ4v) is 7.49. The van der Waals surface area contributed by atoms with E-state index >= 15 is 0 Å². The van der Waals surface area contributed by atoms with Crippen LogP contribution in [0, 0.1) is 19.8 Å². The van der Waals surface area contributed by atoms with Gasteiger partial charge in [-0.25, -0.2) is 22.9 Å². The molecule has 11 nitrogen and oxygen atoms in total. The Balaban J connectivity index is 1.57. The van der Waals surface area contributed by atoms with Gasteiger partial charge in [0.05, 0.1) is 16.7 Å². The molecule has 1 aliphatic rings. The molecule has 3 aromatic rings. The van der Waals surface area contributed by atoms with Crippen molar-refractivity contribution in [1.82, 2.24) is 19.8 Å². The second-order valence-corrected chi connectivity index (χ2v) is 15.4. The van der Waals surface area contributed by atoms with Gasteiger partial charge in [-0.15, -0.1) is 0 Å². The number of hydrogen-bond donors (Lipinski definition) is 1. The molecule has 1 atom stereocenters. The molecular formula is C37H51N5O6S. The third kappa shape index (κ3) is 10.0. The Morgan fingerprint density at radius 1 is 0.959 bits per heavy atom. The minimum Gasteiger partial charge on any atom is -0.476 e. The fraction of sp³-hybridized carbons (Fsp3) is 0.514. The molecule has 266 valence electrons. The Bertz CT molecular complexity index is 1680. The van der Waals surface area contributed by atoms with Gasteiger partial charge >= 0.3 is 6.09 Å². The first-order valence-electron chi connectivity index (χ1n) is 17.0. The SMILES string of the molecule is Cc1cccc(C)c1-c1cc(OC[C@@H](CC(C)C)N(C)C2CCC(N(C)C(=O)OC(C)C)CC2)nc(NS(=O)(=O)c2cccc(C=O)c2)n1. The number of carbonyl (C=O) groups excluding carboxylic acids is 2. The lowest BCUT2D eigenvalue weighted by molar-refractivity contribution is 0.0458. The molecule has 0 aliphatic heterocycles. The first-order chi connectivity index (χ1) is 23.2. The largest absolute Gasteiger partial charge is 0.476 e. The molecule has 2 aromatic carbocycles. The van der Waals surface area contributed by atoms with Gasteiger partial charge in [-0.1, -0.05) is 44.2 Å². The second-order valence-electron chi connectivity index (χ2n) is 13.7. The van der Waals surface area contributed by atoms with Crippen LogP contribution in [-0.4, -0.2) is 85.5 Å². The molecule has 1 aliphatic carbocycles. The number of likely N-dealkylation sites (N-methyl/N-ethyl adjacent to an activating group) is 1. The van der Waals surface area contributed by atoms with Crippen LogP contribution in [0.3, 0.4) is 0 Å². The van der Waals surface area contributed by atoms with Gasteiger partial charge in [0.25, 0.3) is 10.0 Å². The molecule has 1 fully saturated rings. The molecule has 0 saturated heterocycles. The highest BCUT2D eigenvalue weighted by Crippen LogP contribution is 2.31. The number of ether oxygens (including phenoxy) is 2. The van der Waals surface area contributed by atoms with E-state index in [2.05, 4.69) is 40.5 Å². The maximum atomic E-state index is 13.4. The monoisotopic (exact) mass is 693 g/mol. The fourth-order valence-electron chi connectivity index (χ4n) is 6.49. The first kappa shape index (κ1) is 37.8. The van der Waals surface area contributed by atoms with Gasteiger partial charge in [-0.05, 0) is 96.0 Å². The zero-order chi connectivity index (χ0) is 35.9.